The number of alkyl halides is 1. The first-order chi connectivity index (χ1) is 3.13. The first-order valence-corrected chi connectivity index (χ1v) is 3.66. The van der Waals surface area contributed by atoms with Crippen molar-refractivity contribution in [3.05, 3.63) is 0 Å². The molecule has 0 N–H and O–H groups in total. The summed E-state index contributed by atoms with van der Waals surface area (Å²) >= 11 is 6.03. The summed E-state index contributed by atoms with van der Waals surface area (Å²) in [6.07, 6.45) is 0.556. The highest BCUT2D eigenvalue weighted by Crippen LogP contribution is 2.05. The first kappa shape index (κ1) is 7.63. The molecule has 0 saturated carbocycles. The molecule has 0 spiro atoms. The highest BCUT2D eigenvalue weighted by atomic mass is 79.9. The van der Waals surface area contributed by atoms with Crippen molar-refractivity contribution in [2.45, 2.75) is 18.2 Å². The summed E-state index contributed by atoms with van der Waals surface area (Å²) in [5.41, 5.74) is 0. The van der Waals surface area contributed by atoms with Gasteiger partial charge in [0.2, 0.25) is 0 Å². The Labute approximate surface area is 59.7 Å². The van der Waals surface area contributed by atoms with Gasteiger partial charge in [0.25, 0.3) is 0 Å². The number of hydrogen-bond acceptors (Lipinski definition) is 1. The quantitative estimate of drug-likeness (QED) is 0.524. The van der Waals surface area contributed by atoms with Crippen LogP contribution in [-0.2, 0) is 4.79 Å². The van der Waals surface area contributed by atoms with E-state index in [9.17, 15) is 4.79 Å². The maximum Gasteiger partial charge on any atom is 0.198 e. The van der Waals surface area contributed by atoms with Crippen molar-refractivity contribution in [1.29, 1.82) is 0 Å². The average molecular weight is 230 g/mol. The Bertz CT molecular complexity index is 70.1. The molecule has 0 aromatic carbocycles. The molecule has 0 bridgehead atoms. The van der Waals surface area contributed by atoms with Crippen LogP contribution in [0, 0.1) is 0 Å². The van der Waals surface area contributed by atoms with Gasteiger partial charge in [0, 0.05) is 11.2 Å². The van der Waals surface area contributed by atoms with Crippen LogP contribution >= 0.6 is 31.9 Å². The zero-order valence-corrected chi connectivity index (χ0v) is 7.12. The molecule has 1 unspecified atom stereocenters. The molecule has 7 heavy (non-hydrogen) atoms. The molecule has 0 radical (unpaired) electrons. The minimum atomic E-state index is 0.0527. The van der Waals surface area contributed by atoms with Crippen molar-refractivity contribution < 1.29 is 4.79 Å². The predicted molar refractivity (Wildman–Crippen MR) is 36.9 cm³/mol. The third kappa shape index (κ3) is 6.63. The lowest BCUT2D eigenvalue weighted by Gasteiger charge is -1.92. The van der Waals surface area contributed by atoms with Crippen LogP contribution in [0.5, 0.6) is 0 Å². The Morgan fingerprint density at radius 3 is 2.29 bits per heavy atom. The Balaban J connectivity index is 3.13. The van der Waals surface area contributed by atoms with Gasteiger partial charge in [-0.2, -0.15) is 0 Å². The first-order valence-electron chi connectivity index (χ1n) is 1.95. The summed E-state index contributed by atoms with van der Waals surface area (Å²) < 4.78 is 0.0527. The third-order valence-corrected chi connectivity index (χ3v) is 1.09. The van der Waals surface area contributed by atoms with Gasteiger partial charge in [-0.05, 0) is 15.9 Å². The Morgan fingerprint density at radius 1 is 1.86 bits per heavy atom. The van der Waals surface area contributed by atoms with E-state index >= 15 is 0 Å². The van der Waals surface area contributed by atoms with Crippen LogP contribution in [0.1, 0.15) is 13.3 Å². The predicted octanol–water partition coefficient (Wildman–Crippen LogP) is 2.08. The standard InChI is InChI=1S/C4H6Br2O/c1-3(5)2-4(6)7/h3H,2H2,1H3. The van der Waals surface area contributed by atoms with Crippen molar-refractivity contribution in [1.82, 2.24) is 0 Å². The normalized spacial score (nSPS) is 13.6. The van der Waals surface area contributed by atoms with E-state index in [2.05, 4.69) is 31.9 Å². The van der Waals surface area contributed by atoms with Crippen molar-refractivity contribution in [2.75, 3.05) is 0 Å². The summed E-state index contributed by atoms with van der Waals surface area (Å²) in [5, 5.41) is 0. The monoisotopic (exact) mass is 228 g/mol. The van der Waals surface area contributed by atoms with Gasteiger partial charge in [0.15, 0.2) is 4.69 Å². The van der Waals surface area contributed by atoms with E-state index in [1.807, 2.05) is 6.92 Å². The molecule has 0 aliphatic rings. The van der Waals surface area contributed by atoms with Crippen molar-refractivity contribution >= 4 is 36.6 Å². The second-order valence-electron chi connectivity index (χ2n) is 1.34. The van der Waals surface area contributed by atoms with E-state index < -0.39 is 0 Å². The Hall–Kier alpha value is 0.630. The van der Waals surface area contributed by atoms with Crippen LogP contribution in [-0.4, -0.2) is 9.52 Å². The van der Waals surface area contributed by atoms with Crippen LogP contribution in [0.3, 0.4) is 0 Å². The maximum absolute atomic E-state index is 10.1. The van der Waals surface area contributed by atoms with E-state index in [1.54, 1.807) is 0 Å². The smallest absolute Gasteiger partial charge is 0.198 e. The second-order valence-corrected chi connectivity index (χ2v) is 3.79. The van der Waals surface area contributed by atoms with E-state index in [0.29, 0.717) is 11.2 Å². The SMILES string of the molecule is CC(Br)CC(=O)Br. The molecule has 0 rings (SSSR count). The lowest BCUT2D eigenvalue weighted by atomic mass is 10.4. The van der Waals surface area contributed by atoms with Crippen molar-refractivity contribution in [3.8, 4) is 0 Å². The number of carbonyl (C=O) groups excluding carboxylic acids is 1. The molecular formula is C4H6Br2O. The van der Waals surface area contributed by atoms with Gasteiger partial charge < -0.3 is 0 Å². The second kappa shape index (κ2) is 3.61. The fraction of sp³-hybridized carbons (Fsp3) is 0.750. The summed E-state index contributed by atoms with van der Waals surface area (Å²) in [5.74, 6) is 0. The molecule has 1 nitrogen and oxygen atoms in total. The molecule has 0 aromatic rings. The summed E-state index contributed by atoms with van der Waals surface area (Å²) in [6, 6.07) is 0. The lowest BCUT2D eigenvalue weighted by Crippen LogP contribution is -1.94. The molecule has 0 fully saturated rings. The summed E-state index contributed by atoms with van der Waals surface area (Å²) in [7, 11) is 0. The molecule has 1 atom stereocenters. The number of halogens is 2. The molecule has 0 aliphatic heterocycles. The highest BCUT2D eigenvalue weighted by molar-refractivity contribution is 9.18. The molecule has 0 aromatic heterocycles. The minimum Gasteiger partial charge on any atom is -0.287 e. The zero-order valence-electron chi connectivity index (χ0n) is 3.95. The average Bonchev–Trinajstić information content (AvgIpc) is 1.27. The molecule has 42 valence electrons. The number of carbonyl (C=O) groups is 1. The van der Waals surface area contributed by atoms with E-state index in [-0.39, 0.29) is 4.69 Å². The van der Waals surface area contributed by atoms with Gasteiger partial charge in [-0.15, -0.1) is 0 Å². The van der Waals surface area contributed by atoms with E-state index in [1.165, 1.54) is 0 Å². The summed E-state index contributed by atoms with van der Waals surface area (Å²) in [4.78, 5) is 10.4. The minimum absolute atomic E-state index is 0.0527. The van der Waals surface area contributed by atoms with Crippen LogP contribution in [0.4, 0.5) is 0 Å². The summed E-state index contributed by atoms with van der Waals surface area (Å²) in [6.45, 7) is 1.93. The fourth-order valence-corrected chi connectivity index (χ4v) is 1.44. The molecule has 0 amide bonds. The van der Waals surface area contributed by atoms with E-state index in [4.69, 9.17) is 0 Å². The number of rotatable bonds is 2. The van der Waals surface area contributed by atoms with Crippen molar-refractivity contribution in [3.63, 3.8) is 0 Å². The van der Waals surface area contributed by atoms with Gasteiger partial charge in [0.05, 0.1) is 0 Å². The number of hydrogen-bond donors (Lipinski definition) is 0. The molecule has 0 heterocycles. The topological polar surface area (TPSA) is 17.1 Å². The van der Waals surface area contributed by atoms with E-state index in [0.717, 1.165) is 0 Å². The van der Waals surface area contributed by atoms with Gasteiger partial charge in [-0.3, -0.25) is 4.79 Å². The van der Waals surface area contributed by atoms with Crippen LogP contribution in [0.2, 0.25) is 0 Å². The van der Waals surface area contributed by atoms with Gasteiger partial charge in [0.1, 0.15) is 0 Å². The molecule has 0 saturated heterocycles. The van der Waals surface area contributed by atoms with Crippen LogP contribution < -0.4 is 0 Å². The molecular weight excluding hydrogens is 224 g/mol. The maximum atomic E-state index is 10.1. The van der Waals surface area contributed by atoms with Gasteiger partial charge >= 0.3 is 0 Å². The van der Waals surface area contributed by atoms with Gasteiger partial charge in [-0.1, -0.05) is 22.9 Å². The van der Waals surface area contributed by atoms with Crippen LogP contribution in [0.15, 0.2) is 0 Å². The largest absolute Gasteiger partial charge is 0.287 e. The molecule has 3 heteroatoms. The lowest BCUT2D eigenvalue weighted by molar-refractivity contribution is -0.110. The Kier molecular flexibility index (Phi) is 3.93. The fourth-order valence-electron chi connectivity index (χ4n) is 0.221. The van der Waals surface area contributed by atoms with Crippen LogP contribution in [0.25, 0.3) is 0 Å². The Morgan fingerprint density at radius 2 is 2.29 bits per heavy atom. The van der Waals surface area contributed by atoms with Crippen molar-refractivity contribution in [2.24, 2.45) is 0 Å². The third-order valence-electron chi connectivity index (χ3n) is 0.442. The highest BCUT2D eigenvalue weighted by Gasteiger charge is 1.99. The molecule has 0 aliphatic carbocycles. The van der Waals surface area contributed by atoms with Gasteiger partial charge in [-0.25, -0.2) is 0 Å². The zero-order chi connectivity index (χ0) is 5.86.